The molecule has 1 fully saturated rings. The predicted molar refractivity (Wildman–Crippen MR) is 98.1 cm³/mol. The van der Waals surface area contributed by atoms with Crippen LogP contribution in [-0.2, 0) is 11.2 Å². The van der Waals surface area contributed by atoms with Crippen molar-refractivity contribution in [3.8, 4) is 5.75 Å². The fraction of sp³-hybridized carbons (Fsp3) is 0.556. The van der Waals surface area contributed by atoms with Gasteiger partial charge in [-0.3, -0.25) is 4.99 Å². The summed E-state index contributed by atoms with van der Waals surface area (Å²) < 4.78 is 46.3. The molecule has 1 aromatic rings. The lowest BCUT2D eigenvalue weighted by atomic mass is 10.1. The van der Waals surface area contributed by atoms with E-state index < -0.39 is 6.36 Å². The molecular formula is C18H25F3N4O3. The number of carbonyl (C=O) groups is 1. The maximum Gasteiger partial charge on any atom is 0.573 e. The largest absolute Gasteiger partial charge is 0.573 e. The lowest BCUT2D eigenvalue weighted by Crippen LogP contribution is -2.48. The summed E-state index contributed by atoms with van der Waals surface area (Å²) in [5.41, 5.74) is 6.28. The maximum atomic E-state index is 12.4. The number of hydrogen-bond acceptors (Lipinski definition) is 4. The minimum atomic E-state index is -4.74. The predicted octanol–water partition coefficient (Wildman–Crippen LogP) is 2.65. The van der Waals surface area contributed by atoms with Crippen molar-refractivity contribution in [3.63, 3.8) is 0 Å². The van der Waals surface area contributed by atoms with Crippen molar-refractivity contribution in [1.82, 2.24) is 10.2 Å². The Kier molecular flexibility index (Phi) is 7.77. The van der Waals surface area contributed by atoms with Crippen molar-refractivity contribution in [2.75, 3.05) is 26.2 Å². The van der Waals surface area contributed by atoms with E-state index in [9.17, 15) is 18.0 Å². The van der Waals surface area contributed by atoms with E-state index in [-0.39, 0.29) is 36.8 Å². The number of rotatable bonds is 6. The van der Waals surface area contributed by atoms with Crippen LogP contribution in [0.5, 0.6) is 5.75 Å². The van der Waals surface area contributed by atoms with Crippen LogP contribution in [0.15, 0.2) is 29.3 Å². The van der Waals surface area contributed by atoms with Gasteiger partial charge in [0.15, 0.2) is 5.96 Å². The summed E-state index contributed by atoms with van der Waals surface area (Å²) in [6.07, 6.45) is -3.38. The van der Waals surface area contributed by atoms with E-state index in [1.54, 1.807) is 24.0 Å². The van der Waals surface area contributed by atoms with Crippen LogP contribution in [0.1, 0.15) is 25.3 Å². The number of alkyl halides is 3. The van der Waals surface area contributed by atoms with Crippen LogP contribution in [0.25, 0.3) is 0 Å². The first-order chi connectivity index (χ1) is 13.3. The molecule has 0 unspecified atom stereocenters. The van der Waals surface area contributed by atoms with Crippen LogP contribution in [0.2, 0.25) is 0 Å². The summed E-state index contributed by atoms with van der Waals surface area (Å²) in [5.74, 6) is -0.00752. The first kappa shape index (κ1) is 21.6. The second-order valence-corrected chi connectivity index (χ2v) is 6.28. The topological polar surface area (TPSA) is 89.2 Å². The van der Waals surface area contributed by atoms with E-state index >= 15 is 0 Å². The van der Waals surface area contributed by atoms with Gasteiger partial charge >= 0.3 is 12.5 Å². The van der Waals surface area contributed by atoms with Crippen molar-refractivity contribution >= 4 is 12.1 Å². The molecule has 0 aliphatic carbocycles. The molecule has 0 spiro atoms. The number of halogens is 3. The van der Waals surface area contributed by atoms with E-state index in [2.05, 4.69) is 15.0 Å². The van der Waals surface area contributed by atoms with Crippen molar-refractivity contribution in [1.29, 1.82) is 0 Å². The van der Waals surface area contributed by atoms with Crippen molar-refractivity contribution in [2.45, 2.75) is 38.6 Å². The number of ether oxygens (including phenoxy) is 2. The Morgan fingerprint density at radius 2 is 2.00 bits per heavy atom. The highest BCUT2D eigenvalue weighted by molar-refractivity contribution is 5.78. The number of amides is 1. The number of piperidine rings is 1. The van der Waals surface area contributed by atoms with Gasteiger partial charge in [0.05, 0.1) is 6.61 Å². The Hall–Kier alpha value is -2.65. The summed E-state index contributed by atoms with van der Waals surface area (Å²) in [6, 6.07) is 6.03. The number of hydrogen-bond donors (Lipinski definition) is 2. The van der Waals surface area contributed by atoms with Gasteiger partial charge in [0.25, 0.3) is 0 Å². The SMILES string of the molecule is CCOC(=O)N1CCC(NC(N)=NCCc2ccccc2OC(F)(F)F)CC1. The molecule has 1 aliphatic heterocycles. The number of nitrogens with one attached hydrogen (secondary N) is 1. The standard InChI is InChI=1S/C18H25F3N4O3/c1-2-27-17(26)25-11-8-14(9-12-25)24-16(22)23-10-7-13-5-3-4-6-15(13)28-18(19,20)21/h3-6,14H,2,7-12H2,1H3,(H3,22,23,24). The lowest BCUT2D eigenvalue weighted by molar-refractivity contribution is -0.274. The number of guanidine groups is 1. The smallest absolute Gasteiger partial charge is 0.450 e. The highest BCUT2D eigenvalue weighted by atomic mass is 19.4. The van der Waals surface area contributed by atoms with Crippen LogP contribution in [0.4, 0.5) is 18.0 Å². The van der Waals surface area contributed by atoms with Crippen LogP contribution >= 0.6 is 0 Å². The quantitative estimate of drug-likeness (QED) is 0.564. The van der Waals surface area contributed by atoms with E-state index in [0.29, 0.717) is 38.1 Å². The van der Waals surface area contributed by atoms with Crippen molar-refractivity contribution in [2.24, 2.45) is 10.7 Å². The minimum absolute atomic E-state index is 0.0790. The summed E-state index contributed by atoms with van der Waals surface area (Å²) in [4.78, 5) is 17.5. The Bertz CT molecular complexity index is 674. The number of likely N-dealkylation sites (tertiary alicyclic amines) is 1. The number of benzene rings is 1. The highest BCUT2D eigenvalue weighted by Crippen LogP contribution is 2.26. The molecule has 28 heavy (non-hydrogen) atoms. The Morgan fingerprint density at radius 3 is 2.64 bits per heavy atom. The first-order valence-corrected chi connectivity index (χ1v) is 9.10. The molecular weight excluding hydrogens is 377 g/mol. The normalized spacial score (nSPS) is 16.0. The zero-order chi connectivity index (χ0) is 20.6. The van der Waals surface area contributed by atoms with Gasteiger partial charge in [0.2, 0.25) is 0 Å². The average molecular weight is 402 g/mol. The van der Waals surface area contributed by atoms with E-state index in [0.717, 1.165) is 0 Å². The number of nitrogens with zero attached hydrogens (tertiary/aromatic N) is 2. The van der Waals surface area contributed by atoms with Gasteiger partial charge in [-0.2, -0.15) is 0 Å². The van der Waals surface area contributed by atoms with Crippen molar-refractivity contribution in [3.05, 3.63) is 29.8 Å². The molecule has 1 aliphatic rings. The Morgan fingerprint density at radius 1 is 1.32 bits per heavy atom. The third-order valence-corrected chi connectivity index (χ3v) is 4.23. The van der Waals surface area contributed by atoms with E-state index in [1.165, 1.54) is 12.1 Å². The molecule has 0 atom stereocenters. The summed E-state index contributed by atoms with van der Waals surface area (Å²) in [5, 5.41) is 3.09. The van der Waals surface area contributed by atoms with Crippen LogP contribution < -0.4 is 15.8 Å². The summed E-state index contributed by atoms with van der Waals surface area (Å²) in [7, 11) is 0. The van der Waals surface area contributed by atoms with E-state index in [4.69, 9.17) is 10.5 Å². The van der Waals surface area contributed by atoms with Gasteiger partial charge in [0, 0.05) is 25.7 Å². The van der Waals surface area contributed by atoms with Crippen LogP contribution in [0, 0.1) is 0 Å². The molecule has 10 heteroatoms. The molecule has 0 saturated carbocycles. The molecule has 1 heterocycles. The van der Waals surface area contributed by atoms with Crippen molar-refractivity contribution < 1.29 is 27.4 Å². The number of aliphatic imine (C=N–C) groups is 1. The van der Waals surface area contributed by atoms with Gasteiger partial charge in [-0.1, -0.05) is 18.2 Å². The van der Waals surface area contributed by atoms with Gasteiger partial charge in [-0.05, 0) is 37.8 Å². The second-order valence-electron chi connectivity index (χ2n) is 6.28. The molecule has 3 N–H and O–H groups in total. The third-order valence-electron chi connectivity index (χ3n) is 4.23. The van der Waals surface area contributed by atoms with Crippen LogP contribution in [0.3, 0.4) is 0 Å². The molecule has 7 nitrogen and oxygen atoms in total. The third kappa shape index (κ3) is 7.16. The molecule has 156 valence electrons. The number of para-hydroxylation sites is 1. The van der Waals surface area contributed by atoms with Gasteiger partial charge in [-0.15, -0.1) is 13.2 Å². The molecule has 1 aromatic carbocycles. The van der Waals surface area contributed by atoms with Gasteiger partial charge in [0.1, 0.15) is 5.75 Å². The fourth-order valence-corrected chi connectivity index (χ4v) is 2.91. The zero-order valence-electron chi connectivity index (χ0n) is 15.7. The Labute approximate surface area is 161 Å². The summed E-state index contributed by atoms with van der Waals surface area (Å²) in [6.45, 7) is 3.45. The maximum absolute atomic E-state index is 12.4. The molecule has 1 amide bonds. The zero-order valence-corrected chi connectivity index (χ0v) is 15.7. The summed E-state index contributed by atoms with van der Waals surface area (Å²) >= 11 is 0. The minimum Gasteiger partial charge on any atom is -0.450 e. The molecule has 1 saturated heterocycles. The average Bonchev–Trinajstić information content (AvgIpc) is 2.63. The van der Waals surface area contributed by atoms with E-state index in [1.807, 2.05) is 0 Å². The number of nitrogens with two attached hydrogens (primary N) is 1. The second kappa shape index (κ2) is 10.0. The number of carbonyl (C=O) groups excluding carboxylic acids is 1. The first-order valence-electron chi connectivity index (χ1n) is 9.10. The molecule has 2 rings (SSSR count). The monoisotopic (exact) mass is 402 g/mol. The Balaban J connectivity index is 1.79. The molecule has 0 bridgehead atoms. The fourth-order valence-electron chi connectivity index (χ4n) is 2.91. The molecule has 0 radical (unpaired) electrons. The van der Waals surface area contributed by atoms with Gasteiger partial charge < -0.3 is 25.4 Å². The highest BCUT2D eigenvalue weighted by Gasteiger charge is 2.31. The molecule has 0 aromatic heterocycles. The van der Waals surface area contributed by atoms with Crippen LogP contribution in [-0.4, -0.2) is 55.6 Å². The van der Waals surface area contributed by atoms with Gasteiger partial charge in [-0.25, -0.2) is 4.79 Å². The lowest BCUT2D eigenvalue weighted by Gasteiger charge is -2.31.